The van der Waals surface area contributed by atoms with E-state index >= 15 is 0 Å². The molecular formula is C29H33N7O6S. The fourth-order valence-corrected chi connectivity index (χ4v) is 4.74. The molecule has 0 saturated heterocycles. The molecule has 43 heavy (non-hydrogen) atoms. The number of nitrogens with one attached hydrogen (secondary N) is 2. The van der Waals surface area contributed by atoms with Crippen LogP contribution in [0.3, 0.4) is 0 Å². The van der Waals surface area contributed by atoms with Crippen molar-refractivity contribution in [2.45, 2.75) is 38.3 Å². The Balaban J connectivity index is 1.96. The van der Waals surface area contributed by atoms with Gasteiger partial charge in [0, 0.05) is 30.1 Å². The Hall–Kier alpha value is -4.82. The van der Waals surface area contributed by atoms with E-state index in [1.54, 1.807) is 48.7 Å². The molecule has 13 nitrogen and oxygen atoms in total. The lowest BCUT2D eigenvalue weighted by Crippen LogP contribution is -2.34. The molecule has 0 unspecified atom stereocenters. The predicted octanol–water partition coefficient (Wildman–Crippen LogP) is 4.00. The second kappa shape index (κ2) is 13.4. The van der Waals surface area contributed by atoms with E-state index in [-0.39, 0.29) is 47.2 Å². The molecule has 3 heterocycles. The van der Waals surface area contributed by atoms with Crippen molar-refractivity contribution in [2.75, 3.05) is 20.8 Å². The number of carbonyl (C=O) groups excluding carboxylic acids is 1. The van der Waals surface area contributed by atoms with Crippen molar-refractivity contribution in [1.82, 2.24) is 30.6 Å². The summed E-state index contributed by atoms with van der Waals surface area (Å²) in [5.41, 5.74) is 1.98. The van der Waals surface area contributed by atoms with Gasteiger partial charge in [-0.15, -0.1) is 0 Å². The number of rotatable bonds is 11. The quantitative estimate of drug-likeness (QED) is 0.225. The second-order valence-corrected chi connectivity index (χ2v) is 11.0. The van der Waals surface area contributed by atoms with Gasteiger partial charge in [-0.3, -0.25) is 4.98 Å². The van der Waals surface area contributed by atoms with Crippen LogP contribution in [0.5, 0.6) is 23.1 Å². The maximum atomic E-state index is 12.7. The number of primary sulfonamides is 1. The summed E-state index contributed by atoms with van der Waals surface area (Å²) in [6.07, 6.45) is 3.01. The summed E-state index contributed by atoms with van der Waals surface area (Å²) < 4.78 is 42.9. The Morgan fingerprint density at radius 2 is 1.74 bits per heavy atom. The molecule has 4 N–H and O–H groups in total. The molecule has 4 aromatic rings. The van der Waals surface area contributed by atoms with Crippen molar-refractivity contribution in [3.05, 3.63) is 66.1 Å². The van der Waals surface area contributed by atoms with E-state index in [9.17, 15) is 13.2 Å². The average Bonchev–Trinajstić information content (AvgIpc) is 2.99. The first kappa shape index (κ1) is 31.1. The molecule has 3 aromatic heterocycles. The van der Waals surface area contributed by atoms with Crippen molar-refractivity contribution in [3.63, 3.8) is 0 Å². The molecule has 0 aliphatic heterocycles. The highest BCUT2D eigenvalue weighted by Crippen LogP contribution is 2.44. The van der Waals surface area contributed by atoms with Crippen molar-refractivity contribution in [1.29, 1.82) is 0 Å². The highest BCUT2D eigenvalue weighted by atomic mass is 32.2. The van der Waals surface area contributed by atoms with Crippen LogP contribution in [0.15, 0.2) is 59.9 Å². The Bertz CT molecular complexity index is 1730. The highest BCUT2D eigenvalue weighted by Gasteiger charge is 2.27. The number of benzene rings is 1. The zero-order valence-corrected chi connectivity index (χ0v) is 25.2. The molecule has 0 atom stereocenters. The number of hydrogen-bond acceptors (Lipinski definition) is 10. The van der Waals surface area contributed by atoms with Crippen LogP contribution in [0.4, 0.5) is 4.79 Å². The van der Waals surface area contributed by atoms with Gasteiger partial charge in [0.2, 0.25) is 5.75 Å². The second-order valence-electron chi connectivity index (χ2n) is 9.56. The van der Waals surface area contributed by atoms with Crippen LogP contribution in [0, 0.1) is 0 Å². The van der Waals surface area contributed by atoms with Gasteiger partial charge in [0.1, 0.15) is 5.69 Å². The molecular weight excluding hydrogens is 574 g/mol. The first-order valence-electron chi connectivity index (χ1n) is 13.3. The van der Waals surface area contributed by atoms with Crippen LogP contribution in [0.25, 0.3) is 22.6 Å². The lowest BCUT2D eigenvalue weighted by atomic mass is 10.0. The van der Waals surface area contributed by atoms with E-state index in [2.05, 4.69) is 25.6 Å². The van der Waals surface area contributed by atoms with Crippen molar-refractivity contribution < 1.29 is 27.4 Å². The van der Waals surface area contributed by atoms with Gasteiger partial charge in [0.15, 0.2) is 22.3 Å². The van der Waals surface area contributed by atoms with Gasteiger partial charge in [0.25, 0.3) is 15.9 Å². The third-order valence-electron chi connectivity index (χ3n) is 6.21. The Labute approximate surface area is 249 Å². The lowest BCUT2D eigenvalue weighted by molar-refractivity contribution is 0.241. The molecule has 1 aromatic carbocycles. The van der Waals surface area contributed by atoms with E-state index in [0.29, 0.717) is 29.3 Å². The fourth-order valence-electron chi connectivity index (χ4n) is 4.07. The van der Waals surface area contributed by atoms with Crippen LogP contribution in [-0.4, -0.2) is 55.1 Å². The summed E-state index contributed by atoms with van der Waals surface area (Å²) in [5, 5.41) is 10.6. The summed E-state index contributed by atoms with van der Waals surface area (Å²) >= 11 is 0. The standard InChI is InChI=1S/C29H33N7O6S/c1-6-31-29(37)34-16-20-13-18(11-12-32-20)26-35-24(21-14-19(17(2)3)15-33-28(21)43(30,38)39)25(27(36-26)41-5)42-23-10-8-7-9-22(23)40-4/h7-15,17H,6,16H2,1-5H3,(H2,30,38,39)(H2,31,34,37). The molecule has 14 heteroatoms. The topological polar surface area (TPSA) is 181 Å². The molecule has 0 aliphatic rings. The molecule has 0 radical (unpaired) electrons. The number of aromatic nitrogens is 4. The van der Waals surface area contributed by atoms with E-state index in [4.69, 9.17) is 24.3 Å². The minimum atomic E-state index is -4.30. The maximum absolute atomic E-state index is 12.7. The third-order valence-corrected chi connectivity index (χ3v) is 7.08. The predicted molar refractivity (Wildman–Crippen MR) is 159 cm³/mol. The average molecular weight is 608 g/mol. The highest BCUT2D eigenvalue weighted by molar-refractivity contribution is 7.89. The fraction of sp³-hybridized carbons (Fsp3) is 0.276. The van der Waals surface area contributed by atoms with Gasteiger partial charge in [-0.1, -0.05) is 26.0 Å². The van der Waals surface area contributed by atoms with Gasteiger partial charge in [-0.05, 0) is 48.7 Å². The van der Waals surface area contributed by atoms with E-state index in [1.807, 2.05) is 20.8 Å². The van der Waals surface area contributed by atoms with Gasteiger partial charge in [-0.2, -0.15) is 4.98 Å². The van der Waals surface area contributed by atoms with Crippen LogP contribution in [0.1, 0.15) is 37.9 Å². The monoisotopic (exact) mass is 607 g/mol. The molecule has 0 fully saturated rings. The maximum Gasteiger partial charge on any atom is 0.315 e. The molecule has 2 amide bonds. The molecule has 226 valence electrons. The lowest BCUT2D eigenvalue weighted by Gasteiger charge is -2.18. The number of carbonyl (C=O) groups is 1. The van der Waals surface area contributed by atoms with Crippen molar-refractivity contribution in [3.8, 4) is 45.8 Å². The first-order valence-corrected chi connectivity index (χ1v) is 14.9. The van der Waals surface area contributed by atoms with E-state index in [0.717, 1.165) is 5.56 Å². The van der Waals surface area contributed by atoms with Crippen LogP contribution in [0.2, 0.25) is 0 Å². The van der Waals surface area contributed by atoms with Crippen molar-refractivity contribution >= 4 is 16.1 Å². The summed E-state index contributed by atoms with van der Waals surface area (Å²) in [6.45, 7) is 6.34. The molecule has 0 bridgehead atoms. The van der Waals surface area contributed by atoms with Crippen LogP contribution < -0.4 is 30.0 Å². The Morgan fingerprint density at radius 3 is 2.40 bits per heavy atom. The Morgan fingerprint density at radius 1 is 1.00 bits per heavy atom. The molecule has 0 spiro atoms. The Kier molecular flexibility index (Phi) is 9.73. The summed E-state index contributed by atoms with van der Waals surface area (Å²) in [4.78, 5) is 29.8. The first-order chi connectivity index (χ1) is 20.5. The number of ether oxygens (including phenoxy) is 3. The summed E-state index contributed by atoms with van der Waals surface area (Å²) in [7, 11) is -1.40. The van der Waals surface area contributed by atoms with Crippen LogP contribution >= 0.6 is 0 Å². The largest absolute Gasteiger partial charge is 0.493 e. The van der Waals surface area contributed by atoms with Crippen LogP contribution in [-0.2, 0) is 16.6 Å². The SMILES string of the molecule is CCNC(=O)NCc1cc(-c2nc(OC)c(Oc3ccccc3OC)c(-c3cc(C(C)C)cnc3S(N)(=O)=O)n2)ccn1. The van der Waals surface area contributed by atoms with Gasteiger partial charge < -0.3 is 24.8 Å². The molecule has 0 saturated carbocycles. The number of amides is 2. The zero-order chi connectivity index (χ0) is 31.1. The number of methoxy groups -OCH3 is 2. The normalized spacial score (nSPS) is 11.2. The van der Waals surface area contributed by atoms with E-state index in [1.165, 1.54) is 20.4 Å². The number of nitrogens with zero attached hydrogens (tertiary/aromatic N) is 4. The number of para-hydroxylation sites is 2. The summed E-state index contributed by atoms with van der Waals surface area (Å²) in [5.74, 6) is 0.946. The van der Waals surface area contributed by atoms with E-state index < -0.39 is 15.0 Å². The number of pyridine rings is 2. The minimum absolute atomic E-state index is 0.00253. The van der Waals surface area contributed by atoms with Gasteiger partial charge >= 0.3 is 6.03 Å². The van der Waals surface area contributed by atoms with Crippen molar-refractivity contribution in [2.24, 2.45) is 5.14 Å². The number of sulfonamides is 1. The van der Waals surface area contributed by atoms with Gasteiger partial charge in [-0.25, -0.2) is 28.3 Å². The number of hydrogen-bond donors (Lipinski definition) is 3. The smallest absolute Gasteiger partial charge is 0.315 e. The zero-order valence-electron chi connectivity index (χ0n) is 24.4. The number of urea groups is 1. The van der Waals surface area contributed by atoms with Gasteiger partial charge in [0.05, 0.1) is 26.5 Å². The third kappa shape index (κ3) is 7.34. The minimum Gasteiger partial charge on any atom is -0.493 e. The molecule has 4 rings (SSSR count). The summed E-state index contributed by atoms with van der Waals surface area (Å²) in [6, 6.07) is 11.6. The number of nitrogens with two attached hydrogens (primary N) is 1. The molecule has 0 aliphatic carbocycles.